The van der Waals surface area contributed by atoms with E-state index in [4.69, 9.17) is 9.15 Å². The molecule has 0 bridgehead atoms. The first-order valence-corrected chi connectivity index (χ1v) is 7.05. The molecule has 5 heteroatoms. The molecule has 1 aromatic heterocycles. The number of aromatic nitrogens is 2. The van der Waals surface area contributed by atoms with E-state index in [2.05, 4.69) is 28.5 Å². The summed E-state index contributed by atoms with van der Waals surface area (Å²) in [6.07, 6.45) is 2.18. The Balaban J connectivity index is 1.75. The minimum Gasteiger partial charge on any atom is -0.484 e. The van der Waals surface area contributed by atoms with Crippen molar-refractivity contribution in [2.24, 2.45) is 0 Å². The molecule has 20 heavy (non-hydrogen) atoms. The van der Waals surface area contributed by atoms with Crippen LogP contribution in [0.1, 0.15) is 42.3 Å². The lowest BCUT2D eigenvalue weighted by Crippen LogP contribution is -2.18. The van der Waals surface area contributed by atoms with Gasteiger partial charge in [-0.2, -0.15) is 0 Å². The SMILES string of the molecule is CCNC1CCc2c(OCc3nnc(C)o3)cccc21. The Morgan fingerprint density at radius 2 is 2.30 bits per heavy atom. The number of hydrogen-bond donors (Lipinski definition) is 1. The molecule has 1 aromatic carbocycles. The number of fused-ring (bicyclic) bond motifs is 1. The fourth-order valence-electron chi connectivity index (χ4n) is 2.75. The fourth-order valence-corrected chi connectivity index (χ4v) is 2.75. The summed E-state index contributed by atoms with van der Waals surface area (Å²) in [5.74, 6) is 2.01. The number of benzene rings is 1. The van der Waals surface area contributed by atoms with Crippen molar-refractivity contribution in [2.75, 3.05) is 6.54 Å². The zero-order chi connectivity index (χ0) is 13.9. The highest BCUT2D eigenvalue weighted by molar-refractivity contribution is 5.45. The van der Waals surface area contributed by atoms with Gasteiger partial charge in [-0.3, -0.25) is 0 Å². The van der Waals surface area contributed by atoms with Crippen LogP contribution < -0.4 is 10.1 Å². The highest BCUT2D eigenvalue weighted by atomic mass is 16.5. The van der Waals surface area contributed by atoms with E-state index in [9.17, 15) is 0 Å². The Morgan fingerprint density at radius 3 is 3.05 bits per heavy atom. The molecule has 0 radical (unpaired) electrons. The first kappa shape index (κ1) is 13.1. The van der Waals surface area contributed by atoms with Gasteiger partial charge in [-0.1, -0.05) is 19.1 Å². The lowest BCUT2D eigenvalue weighted by Gasteiger charge is -2.13. The van der Waals surface area contributed by atoms with Crippen LogP contribution in [0.2, 0.25) is 0 Å². The number of nitrogens with zero attached hydrogens (tertiary/aromatic N) is 2. The van der Waals surface area contributed by atoms with Crippen molar-refractivity contribution in [2.45, 2.75) is 39.3 Å². The van der Waals surface area contributed by atoms with E-state index in [0.717, 1.165) is 25.1 Å². The first-order chi connectivity index (χ1) is 9.78. The van der Waals surface area contributed by atoms with Crippen molar-refractivity contribution in [3.8, 4) is 5.75 Å². The third-order valence-corrected chi connectivity index (χ3v) is 3.60. The van der Waals surface area contributed by atoms with E-state index < -0.39 is 0 Å². The summed E-state index contributed by atoms with van der Waals surface area (Å²) in [6.45, 7) is 5.22. The number of nitrogens with one attached hydrogen (secondary N) is 1. The minimum absolute atomic E-state index is 0.323. The Kier molecular flexibility index (Phi) is 3.69. The van der Waals surface area contributed by atoms with Crippen molar-refractivity contribution < 1.29 is 9.15 Å². The van der Waals surface area contributed by atoms with Crippen LogP contribution >= 0.6 is 0 Å². The fraction of sp³-hybridized carbons (Fsp3) is 0.467. The normalized spacial score (nSPS) is 17.2. The summed E-state index contributed by atoms with van der Waals surface area (Å²) in [5.41, 5.74) is 2.65. The molecular weight excluding hydrogens is 254 g/mol. The second kappa shape index (κ2) is 5.63. The number of ether oxygens (including phenoxy) is 1. The smallest absolute Gasteiger partial charge is 0.253 e. The minimum atomic E-state index is 0.323. The third-order valence-electron chi connectivity index (χ3n) is 3.60. The molecule has 1 unspecified atom stereocenters. The van der Waals surface area contributed by atoms with Crippen LogP contribution in [0.5, 0.6) is 5.75 Å². The van der Waals surface area contributed by atoms with Gasteiger partial charge in [0.1, 0.15) is 5.75 Å². The van der Waals surface area contributed by atoms with Crippen LogP contribution in [0, 0.1) is 6.92 Å². The van der Waals surface area contributed by atoms with E-state index in [1.54, 1.807) is 6.92 Å². The topological polar surface area (TPSA) is 60.2 Å². The third kappa shape index (κ3) is 2.54. The van der Waals surface area contributed by atoms with Crippen LogP contribution in [0.4, 0.5) is 0 Å². The monoisotopic (exact) mass is 273 g/mol. The molecule has 0 aliphatic heterocycles. The molecule has 1 N–H and O–H groups in total. The number of aryl methyl sites for hydroxylation is 1. The van der Waals surface area contributed by atoms with Gasteiger partial charge in [0, 0.05) is 13.0 Å². The molecule has 1 heterocycles. The summed E-state index contributed by atoms with van der Waals surface area (Å²) in [5, 5.41) is 11.3. The lowest BCUT2D eigenvalue weighted by atomic mass is 10.1. The van der Waals surface area contributed by atoms with E-state index in [0.29, 0.717) is 24.4 Å². The van der Waals surface area contributed by atoms with E-state index in [1.165, 1.54) is 11.1 Å². The molecule has 5 nitrogen and oxygen atoms in total. The predicted octanol–water partition coefficient (Wildman–Crippen LogP) is 2.55. The molecule has 0 saturated carbocycles. The van der Waals surface area contributed by atoms with Crippen molar-refractivity contribution >= 4 is 0 Å². The number of rotatable bonds is 5. The predicted molar refractivity (Wildman–Crippen MR) is 74.5 cm³/mol. The van der Waals surface area contributed by atoms with Crippen molar-refractivity contribution in [3.05, 3.63) is 41.1 Å². The van der Waals surface area contributed by atoms with Gasteiger partial charge in [0.2, 0.25) is 5.89 Å². The molecular formula is C15H19N3O2. The van der Waals surface area contributed by atoms with Crippen LogP contribution in [0.3, 0.4) is 0 Å². The van der Waals surface area contributed by atoms with Crippen LogP contribution in [0.15, 0.2) is 22.6 Å². The average molecular weight is 273 g/mol. The van der Waals surface area contributed by atoms with Crippen molar-refractivity contribution in [3.63, 3.8) is 0 Å². The van der Waals surface area contributed by atoms with Crippen molar-refractivity contribution in [1.82, 2.24) is 15.5 Å². The molecule has 1 aliphatic rings. The first-order valence-electron chi connectivity index (χ1n) is 7.05. The second-order valence-electron chi connectivity index (χ2n) is 4.98. The summed E-state index contributed by atoms with van der Waals surface area (Å²) < 4.78 is 11.2. The molecule has 0 spiro atoms. The van der Waals surface area contributed by atoms with Gasteiger partial charge in [-0.15, -0.1) is 10.2 Å². The summed E-state index contributed by atoms with van der Waals surface area (Å²) in [6, 6.07) is 6.68. The van der Waals surface area contributed by atoms with E-state index in [-0.39, 0.29) is 0 Å². The molecule has 106 valence electrons. The Labute approximate surface area is 118 Å². The van der Waals surface area contributed by atoms with Gasteiger partial charge in [0.15, 0.2) is 6.61 Å². The molecule has 0 amide bonds. The Morgan fingerprint density at radius 1 is 1.40 bits per heavy atom. The van der Waals surface area contributed by atoms with Crippen LogP contribution in [-0.4, -0.2) is 16.7 Å². The largest absolute Gasteiger partial charge is 0.484 e. The molecule has 2 aromatic rings. The summed E-state index contributed by atoms with van der Waals surface area (Å²) >= 11 is 0. The second-order valence-corrected chi connectivity index (χ2v) is 4.98. The zero-order valence-electron chi connectivity index (χ0n) is 11.8. The number of hydrogen-bond acceptors (Lipinski definition) is 5. The molecule has 1 aliphatic carbocycles. The maximum atomic E-state index is 5.85. The maximum absolute atomic E-state index is 5.85. The maximum Gasteiger partial charge on any atom is 0.253 e. The molecule has 3 rings (SSSR count). The van der Waals surface area contributed by atoms with Gasteiger partial charge < -0.3 is 14.5 Å². The zero-order valence-corrected chi connectivity index (χ0v) is 11.8. The van der Waals surface area contributed by atoms with Crippen LogP contribution in [-0.2, 0) is 13.0 Å². The molecule has 0 fully saturated rings. The highest BCUT2D eigenvalue weighted by Gasteiger charge is 2.24. The van der Waals surface area contributed by atoms with E-state index >= 15 is 0 Å². The van der Waals surface area contributed by atoms with Gasteiger partial charge in [-0.05, 0) is 36.6 Å². The van der Waals surface area contributed by atoms with E-state index in [1.807, 2.05) is 12.1 Å². The standard InChI is InChI=1S/C15H19N3O2/c1-3-16-13-8-7-12-11(13)5-4-6-14(12)19-9-15-18-17-10(2)20-15/h4-6,13,16H,3,7-9H2,1-2H3. The van der Waals surface area contributed by atoms with Gasteiger partial charge in [0.05, 0.1) is 0 Å². The van der Waals surface area contributed by atoms with Gasteiger partial charge in [0.25, 0.3) is 5.89 Å². The average Bonchev–Trinajstić information content (AvgIpc) is 3.04. The Bertz CT molecular complexity index is 595. The molecule has 1 atom stereocenters. The van der Waals surface area contributed by atoms with Gasteiger partial charge in [-0.25, -0.2) is 0 Å². The molecule has 0 saturated heterocycles. The van der Waals surface area contributed by atoms with Crippen molar-refractivity contribution in [1.29, 1.82) is 0 Å². The van der Waals surface area contributed by atoms with Crippen LogP contribution in [0.25, 0.3) is 0 Å². The lowest BCUT2D eigenvalue weighted by molar-refractivity contribution is 0.258. The van der Waals surface area contributed by atoms with Gasteiger partial charge >= 0.3 is 0 Å². The summed E-state index contributed by atoms with van der Waals surface area (Å²) in [4.78, 5) is 0. The highest BCUT2D eigenvalue weighted by Crippen LogP contribution is 2.37. The quantitative estimate of drug-likeness (QED) is 0.907. The Hall–Kier alpha value is -1.88. The summed E-state index contributed by atoms with van der Waals surface area (Å²) in [7, 11) is 0.